The van der Waals surface area contributed by atoms with Crippen molar-refractivity contribution in [3.63, 3.8) is 0 Å². The first-order chi connectivity index (χ1) is 9.02. The number of benzene rings is 1. The van der Waals surface area contributed by atoms with Gasteiger partial charge in [0.05, 0.1) is 0 Å². The number of halogens is 4. The van der Waals surface area contributed by atoms with Gasteiger partial charge >= 0.3 is 0 Å². The highest BCUT2D eigenvalue weighted by Gasteiger charge is 2.12. The van der Waals surface area contributed by atoms with Crippen molar-refractivity contribution in [2.45, 2.75) is 25.3 Å². The normalized spacial score (nSPS) is 12.9. The zero-order valence-electron chi connectivity index (χ0n) is 10.2. The molecule has 0 aliphatic rings. The third kappa shape index (κ3) is 6.00. The van der Waals surface area contributed by atoms with Crippen LogP contribution in [0.1, 0.15) is 12.0 Å². The molecule has 0 spiro atoms. The molecule has 0 heterocycles. The van der Waals surface area contributed by atoms with Crippen molar-refractivity contribution in [3.05, 3.63) is 35.4 Å². The summed E-state index contributed by atoms with van der Waals surface area (Å²) in [7, 11) is 0. The van der Waals surface area contributed by atoms with E-state index in [1.807, 2.05) is 0 Å². The maximum absolute atomic E-state index is 13.4. The standard InChI is InChI=1S/C12H16F4N2O/c13-9-2-1-8(11(14)6-9)5-10(18-17)3-4-19-7-12(15)16/h1-2,6,10,12,18H,3-5,7,17H2. The van der Waals surface area contributed by atoms with E-state index in [1.54, 1.807) is 0 Å². The molecule has 0 aliphatic carbocycles. The van der Waals surface area contributed by atoms with Crippen molar-refractivity contribution in [1.82, 2.24) is 5.43 Å². The SMILES string of the molecule is NNC(CCOCC(F)F)Cc1ccc(F)cc1F. The summed E-state index contributed by atoms with van der Waals surface area (Å²) in [6.45, 7) is -0.551. The van der Waals surface area contributed by atoms with Crippen molar-refractivity contribution >= 4 is 0 Å². The lowest BCUT2D eigenvalue weighted by molar-refractivity contribution is 0.0144. The van der Waals surface area contributed by atoms with Crippen LogP contribution in [-0.2, 0) is 11.2 Å². The minimum absolute atomic E-state index is 0.0853. The van der Waals surface area contributed by atoms with Crippen LogP contribution < -0.4 is 11.3 Å². The number of nitrogens with one attached hydrogen (secondary N) is 1. The molecule has 1 atom stereocenters. The van der Waals surface area contributed by atoms with Gasteiger partial charge in [-0.2, -0.15) is 0 Å². The van der Waals surface area contributed by atoms with Gasteiger partial charge in [-0.25, -0.2) is 17.6 Å². The van der Waals surface area contributed by atoms with Gasteiger partial charge in [0, 0.05) is 18.7 Å². The topological polar surface area (TPSA) is 47.3 Å². The average molecular weight is 280 g/mol. The van der Waals surface area contributed by atoms with E-state index in [0.29, 0.717) is 12.0 Å². The average Bonchev–Trinajstić information content (AvgIpc) is 2.35. The van der Waals surface area contributed by atoms with Crippen molar-refractivity contribution in [1.29, 1.82) is 0 Å². The molecule has 0 radical (unpaired) electrons. The van der Waals surface area contributed by atoms with Crippen LogP contribution in [0, 0.1) is 11.6 Å². The predicted molar refractivity (Wildman–Crippen MR) is 62.6 cm³/mol. The van der Waals surface area contributed by atoms with Gasteiger partial charge in [0.2, 0.25) is 0 Å². The van der Waals surface area contributed by atoms with E-state index in [4.69, 9.17) is 10.6 Å². The molecule has 0 saturated carbocycles. The van der Waals surface area contributed by atoms with Gasteiger partial charge < -0.3 is 4.74 Å². The number of hydrazine groups is 1. The second kappa shape index (κ2) is 8.08. The lowest BCUT2D eigenvalue weighted by atomic mass is 10.0. The zero-order valence-corrected chi connectivity index (χ0v) is 10.2. The lowest BCUT2D eigenvalue weighted by Gasteiger charge is -2.16. The van der Waals surface area contributed by atoms with E-state index in [-0.39, 0.29) is 19.1 Å². The van der Waals surface area contributed by atoms with Crippen molar-refractivity contribution in [3.8, 4) is 0 Å². The molecule has 0 amide bonds. The summed E-state index contributed by atoms with van der Waals surface area (Å²) in [6.07, 6.45) is -1.94. The highest BCUT2D eigenvalue weighted by Crippen LogP contribution is 2.12. The van der Waals surface area contributed by atoms with E-state index in [0.717, 1.165) is 12.1 Å². The number of alkyl halides is 2. The van der Waals surface area contributed by atoms with Crippen LogP contribution in [0.3, 0.4) is 0 Å². The Hall–Kier alpha value is -1.18. The molecule has 7 heteroatoms. The Kier molecular flexibility index (Phi) is 6.75. The molecule has 0 aromatic heterocycles. The molecule has 0 bridgehead atoms. The summed E-state index contributed by atoms with van der Waals surface area (Å²) in [5, 5.41) is 0. The summed E-state index contributed by atoms with van der Waals surface area (Å²) in [5.74, 6) is 3.98. The van der Waals surface area contributed by atoms with Crippen LogP contribution in [0.2, 0.25) is 0 Å². The van der Waals surface area contributed by atoms with Gasteiger partial charge in [0.1, 0.15) is 18.2 Å². The Labute approximate surface area is 108 Å². The first-order valence-corrected chi connectivity index (χ1v) is 5.79. The van der Waals surface area contributed by atoms with Crippen LogP contribution in [0.5, 0.6) is 0 Å². The minimum Gasteiger partial charge on any atom is -0.375 e. The van der Waals surface area contributed by atoms with Gasteiger partial charge in [-0.15, -0.1) is 0 Å². The second-order valence-electron chi connectivity index (χ2n) is 4.06. The second-order valence-corrected chi connectivity index (χ2v) is 4.06. The van der Waals surface area contributed by atoms with Crippen LogP contribution >= 0.6 is 0 Å². The molecule has 1 aromatic rings. The summed E-state index contributed by atoms with van der Waals surface area (Å²) in [5.41, 5.74) is 2.76. The quantitative estimate of drug-likeness (QED) is 0.331. The van der Waals surface area contributed by atoms with Crippen molar-refractivity contribution < 1.29 is 22.3 Å². The summed E-state index contributed by atoms with van der Waals surface area (Å²) in [4.78, 5) is 0. The summed E-state index contributed by atoms with van der Waals surface area (Å²) >= 11 is 0. The van der Waals surface area contributed by atoms with Crippen LogP contribution in [0.15, 0.2) is 18.2 Å². The molecule has 1 aromatic carbocycles. The van der Waals surface area contributed by atoms with Gasteiger partial charge in [-0.3, -0.25) is 11.3 Å². The lowest BCUT2D eigenvalue weighted by Crippen LogP contribution is -2.38. The van der Waals surface area contributed by atoms with E-state index < -0.39 is 24.7 Å². The summed E-state index contributed by atoms with van der Waals surface area (Å²) in [6, 6.07) is 2.93. The predicted octanol–water partition coefficient (Wildman–Crippen LogP) is 2.01. The highest BCUT2D eigenvalue weighted by atomic mass is 19.3. The Morgan fingerprint density at radius 3 is 2.58 bits per heavy atom. The van der Waals surface area contributed by atoms with Gasteiger partial charge in [-0.05, 0) is 24.5 Å². The van der Waals surface area contributed by atoms with Crippen LogP contribution in [-0.4, -0.2) is 25.7 Å². The first-order valence-electron chi connectivity index (χ1n) is 5.79. The van der Waals surface area contributed by atoms with E-state index >= 15 is 0 Å². The third-order valence-electron chi connectivity index (χ3n) is 2.57. The maximum Gasteiger partial charge on any atom is 0.261 e. The molecule has 108 valence electrons. The molecule has 0 fully saturated rings. The maximum atomic E-state index is 13.4. The highest BCUT2D eigenvalue weighted by molar-refractivity contribution is 5.19. The number of nitrogens with two attached hydrogens (primary N) is 1. The Bertz CT molecular complexity index is 390. The van der Waals surface area contributed by atoms with E-state index in [2.05, 4.69) is 5.43 Å². The van der Waals surface area contributed by atoms with E-state index in [1.165, 1.54) is 6.07 Å². The van der Waals surface area contributed by atoms with Crippen LogP contribution in [0.4, 0.5) is 17.6 Å². The summed E-state index contributed by atoms with van der Waals surface area (Å²) < 4.78 is 54.5. The monoisotopic (exact) mass is 280 g/mol. The zero-order chi connectivity index (χ0) is 14.3. The number of ether oxygens (including phenoxy) is 1. The Morgan fingerprint density at radius 2 is 2.00 bits per heavy atom. The van der Waals surface area contributed by atoms with Crippen molar-refractivity contribution in [2.24, 2.45) is 5.84 Å². The fraction of sp³-hybridized carbons (Fsp3) is 0.500. The first kappa shape index (κ1) is 15.9. The van der Waals surface area contributed by atoms with Crippen molar-refractivity contribution in [2.75, 3.05) is 13.2 Å². The molecule has 0 aliphatic heterocycles. The molecule has 19 heavy (non-hydrogen) atoms. The van der Waals surface area contributed by atoms with Gasteiger partial charge in [-0.1, -0.05) is 6.07 Å². The van der Waals surface area contributed by atoms with Gasteiger partial charge in [0.25, 0.3) is 6.43 Å². The molecule has 1 rings (SSSR count). The van der Waals surface area contributed by atoms with Gasteiger partial charge in [0.15, 0.2) is 0 Å². The molecule has 3 N–H and O–H groups in total. The van der Waals surface area contributed by atoms with E-state index in [9.17, 15) is 17.6 Å². The fourth-order valence-corrected chi connectivity index (χ4v) is 1.60. The minimum atomic E-state index is -2.51. The Balaban J connectivity index is 2.43. The molecular weight excluding hydrogens is 264 g/mol. The fourth-order valence-electron chi connectivity index (χ4n) is 1.60. The third-order valence-corrected chi connectivity index (χ3v) is 2.57. The molecular formula is C12H16F4N2O. The molecule has 0 saturated heterocycles. The molecule has 3 nitrogen and oxygen atoms in total. The number of rotatable bonds is 8. The number of hydrogen-bond acceptors (Lipinski definition) is 3. The number of hydrogen-bond donors (Lipinski definition) is 2. The smallest absolute Gasteiger partial charge is 0.261 e. The molecule has 1 unspecified atom stereocenters. The Morgan fingerprint density at radius 1 is 1.26 bits per heavy atom. The van der Waals surface area contributed by atoms with Crippen LogP contribution in [0.25, 0.3) is 0 Å². The largest absolute Gasteiger partial charge is 0.375 e.